The lowest BCUT2D eigenvalue weighted by Gasteiger charge is -2.27. The van der Waals surface area contributed by atoms with E-state index in [4.69, 9.17) is 9.47 Å². The number of rotatable bonds is 4. The van der Waals surface area contributed by atoms with Crippen LogP contribution in [0, 0.1) is 11.8 Å². The second-order valence-corrected chi connectivity index (χ2v) is 5.70. The average molecular weight is 242 g/mol. The lowest BCUT2D eigenvalue weighted by atomic mass is 9.96. The van der Waals surface area contributed by atoms with Crippen molar-refractivity contribution in [3.63, 3.8) is 0 Å². The van der Waals surface area contributed by atoms with E-state index < -0.39 is 6.16 Å². The molecule has 0 spiro atoms. The average Bonchev–Trinajstić information content (AvgIpc) is 2.26. The molecule has 1 aliphatic rings. The molecule has 1 aliphatic carbocycles. The topological polar surface area (TPSA) is 35.5 Å². The summed E-state index contributed by atoms with van der Waals surface area (Å²) in [5, 5.41) is 0. The van der Waals surface area contributed by atoms with Crippen LogP contribution in [0.25, 0.3) is 0 Å². The Labute approximate surface area is 105 Å². The molecule has 17 heavy (non-hydrogen) atoms. The van der Waals surface area contributed by atoms with Crippen molar-refractivity contribution in [2.75, 3.05) is 0 Å². The molecule has 3 nitrogen and oxygen atoms in total. The third-order valence-corrected chi connectivity index (χ3v) is 3.36. The first-order valence-corrected chi connectivity index (χ1v) is 6.88. The van der Waals surface area contributed by atoms with Crippen molar-refractivity contribution in [1.82, 2.24) is 0 Å². The van der Waals surface area contributed by atoms with E-state index in [1.165, 1.54) is 6.42 Å². The second kappa shape index (κ2) is 6.87. The van der Waals surface area contributed by atoms with Crippen LogP contribution in [0.2, 0.25) is 0 Å². The Morgan fingerprint density at radius 1 is 1.00 bits per heavy atom. The minimum absolute atomic E-state index is 0.0499. The van der Waals surface area contributed by atoms with Crippen LogP contribution in [0.1, 0.15) is 59.8 Å². The van der Waals surface area contributed by atoms with E-state index >= 15 is 0 Å². The zero-order chi connectivity index (χ0) is 12.8. The maximum absolute atomic E-state index is 11.7. The highest BCUT2D eigenvalue weighted by Crippen LogP contribution is 2.22. The molecular formula is C14H26O3. The fourth-order valence-corrected chi connectivity index (χ4v) is 2.50. The molecule has 0 unspecified atom stereocenters. The summed E-state index contributed by atoms with van der Waals surface area (Å²) in [4.78, 5) is 11.7. The van der Waals surface area contributed by atoms with Gasteiger partial charge in [0.1, 0.15) is 12.2 Å². The summed E-state index contributed by atoms with van der Waals surface area (Å²) in [6.45, 7) is 8.27. The van der Waals surface area contributed by atoms with Crippen LogP contribution < -0.4 is 0 Å². The van der Waals surface area contributed by atoms with Crippen molar-refractivity contribution in [3.8, 4) is 0 Å². The lowest BCUT2D eigenvalue weighted by Crippen LogP contribution is -2.31. The Hall–Kier alpha value is -0.730. The van der Waals surface area contributed by atoms with Gasteiger partial charge in [-0.05, 0) is 37.5 Å². The van der Waals surface area contributed by atoms with Crippen LogP contribution in [0.4, 0.5) is 4.79 Å². The van der Waals surface area contributed by atoms with Gasteiger partial charge >= 0.3 is 6.16 Å². The maximum atomic E-state index is 11.7. The summed E-state index contributed by atoms with van der Waals surface area (Å²) in [6.07, 6.45) is 5.11. The molecular weight excluding hydrogens is 216 g/mol. The van der Waals surface area contributed by atoms with Crippen molar-refractivity contribution in [1.29, 1.82) is 0 Å². The molecule has 0 atom stereocenters. The molecule has 0 aromatic rings. The van der Waals surface area contributed by atoms with Gasteiger partial charge in [0.05, 0.1) is 0 Å². The van der Waals surface area contributed by atoms with Crippen molar-refractivity contribution in [2.45, 2.75) is 72.0 Å². The van der Waals surface area contributed by atoms with Crippen LogP contribution in [0.3, 0.4) is 0 Å². The largest absolute Gasteiger partial charge is 0.508 e. The normalized spacial score (nSPS) is 17.8. The highest BCUT2D eigenvalue weighted by atomic mass is 16.7. The molecule has 0 amide bonds. The van der Waals surface area contributed by atoms with E-state index in [2.05, 4.69) is 27.7 Å². The number of carbonyl (C=O) groups is 1. The standard InChI is InChI=1S/C14H26O3/c1-10(2)13(11(3)4)17-14(15)16-12-8-6-5-7-9-12/h10-13H,5-9H2,1-4H3. The summed E-state index contributed by atoms with van der Waals surface area (Å²) in [5.41, 5.74) is 0. The third kappa shape index (κ3) is 4.97. The van der Waals surface area contributed by atoms with Gasteiger partial charge in [-0.25, -0.2) is 4.79 Å². The molecule has 0 radical (unpaired) electrons. The van der Waals surface area contributed by atoms with Gasteiger partial charge in [0.25, 0.3) is 0 Å². The Morgan fingerprint density at radius 3 is 2.00 bits per heavy atom. The number of hydrogen-bond acceptors (Lipinski definition) is 3. The van der Waals surface area contributed by atoms with E-state index in [1.807, 2.05) is 0 Å². The first-order valence-electron chi connectivity index (χ1n) is 6.88. The smallest absolute Gasteiger partial charge is 0.431 e. The summed E-state index contributed by atoms with van der Waals surface area (Å²) in [6, 6.07) is 0. The zero-order valence-corrected chi connectivity index (χ0v) is 11.6. The number of carbonyl (C=O) groups excluding carboxylic acids is 1. The SMILES string of the molecule is CC(C)C(OC(=O)OC1CCCCC1)C(C)C. The van der Waals surface area contributed by atoms with E-state index in [1.54, 1.807) is 0 Å². The highest BCUT2D eigenvalue weighted by Gasteiger charge is 2.25. The second-order valence-electron chi connectivity index (χ2n) is 5.70. The summed E-state index contributed by atoms with van der Waals surface area (Å²) in [7, 11) is 0. The molecule has 1 rings (SSSR count). The molecule has 0 N–H and O–H groups in total. The molecule has 1 fully saturated rings. The van der Waals surface area contributed by atoms with E-state index in [0.717, 1.165) is 25.7 Å². The minimum Gasteiger partial charge on any atom is -0.431 e. The van der Waals surface area contributed by atoms with Crippen LogP contribution in [-0.4, -0.2) is 18.4 Å². The predicted molar refractivity (Wildman–Crippen MR) is 67.9 cm³/mol. The van der Waals surface area contributed by atoms with Gasteiger partial charge in [0.15, 0.2) is 0 Å². The van der Waals surface area contributed by atoms with Gasteiger partial charge < -0.3 is 9.47 Å². The maximum Gasteiger partial charge on any atom is 0.508 e. The monoisotopic (exact) mass is 242 g/mol. The molecule has 0 aromatic carbocycles. The molecule has 100 valence electrons. The third-order valence-electron chi connectivity index (χ3n) is 3.36. The van der Waals surface area contributed by atoms with Crippen molar-refractivity contribution in [2.24, 2.45) is 11.8 Å². The van der Waals surface area contributed by atoms with Crippen molar-refractivity contribution >= 4 is 6.16 Å². The fourth-order valence-electron chi connectivity index (χ4n) is 2.50. The van der Waals surface area contributed by atoms with Crippen molar-refractivity contribution < 1.29 is 14.3 Å². The van der Waals surface area contributed by atoms with Crippen molar-refractivity contribution in [3.05, 3.63) is 0 Å². The molecule has 3 heteroatoms. The molecule has 0 aliphatic heterocycles. The van der Waals surface area contributed by atoms with E-state index in [9.17, 15) is 4.79 Å². The van der Waals surface area contributed by atoms with Gasteiger partial charge in [0, 0.05) is 0 Å². The fraction of sp³-hybridized carbons (Fsp3) is 0.929. The molecule has 0 heterocycles. The Kier molecular flexibility index (Phi) is 5.79. The van der Waals surface area contributed by atoms with E-state index in [-0.39, 0.29) is 12.2 Å². The number of hydrogen-bond donors (Lipinski definition) is 0. The molecule has 0 bridgehead atoms. The first-order chi connectivity index (χ1) is 8.00. The summed E-state index contributed by atoms with van der Waals surface area (Å²) >= 11 is 0. The molecule has 1 saturated carbocycles. The van der Waals surface area contributed by atoms with Gasteiger partial charge in [-0.3, -0.25) is 0 Å². The van der Waals surface area contributed by atoms with Gasteiger partial charge in [0.2, 0.25) is 0 Å². The zero-order valence-electron chi connectivity index (χ0n) is 11.6. The lowest BCUT2D eigenvalue weighted by molar-refractivity contribution is -0.0349. The van der Waals surface area contributed by atoms with E-state index in [0.29, 0.717) is 11.8 Å². The summed E-state index contributed by atoms with van der Waals surface area (Å²) < 4.78 is 10.8. The Balaban J connectivity index is 2.36. The highest BCUT2D eigenvalue weighted by molar-refractivity contribution is 5.60. The van der Waals surface area contributed by atoms with Crippen LogP contribution in [0.15, 0.2) is 0 Å². The van der Waals surface area contributed by atoms with Gasteiger partial charge in [-0.1, -0.05) is 34.1 Å². The minimum atomic E-state index is -0.482. The molecule has 0 saturated heterocycles. The van der Waals surface area contributed by atoms with Crippen LogP contribution in [-0.2, 0) is 9.47 Å². The van der Waals surface area contributed by atoms with Gasteiger partial charge in [-0.15, -0.1) is 0 Å². The Bertz CT molecular complexity index is 222. The van der Waals surface area contributed by atoms with Crippen LogP contribution in [0.5, 0.6) is 0 Å². The predicted octanol–water partition coefficient (Wildman–Crippen LogP) is 4.15. The first kappa shape index (κ1) is 14.3. The Morgan fingerprint density at radius 2 is 1.53 bits per heavy atom. The summed E-state index contributed by atoms with van der Waals surface area (Å²) in [5.74, 6) is 0.655. The quantitative estimate of drug-likeness (QED) is 0.695. The van der Waals surface area contributed by atoms with Gasteiger partial charge in [-0.2, -0.15) is 0 Å². The van der Waals surface area contributed by atoms with Crippen LogP contribution >= 0.6 is 0 Å². The number of ether oxygens (including phenoxy) is 2. The molecule has 0 aromatic heterocycles.